The highest BCUT2D eigenvalue weighted by Crippen LogP contribution is 2.26. The zero-order valence-electron chi connectivity index (χ0n) is 13.0. The summed E-state index contributed by atoms with van der Waals surface area (Å²) in [7, 11) is 1.60. The summed E-state index contributed by atoms with van der Waals surface area (Å²) in [6.07, 6.45) is -0.687. The van der Waals surface area contributed by atoms with E-state index in [4.69, 9.17) is 10.00 Å². The van der Waals surface area contributed by atoms with Crippen molar-refractivity contribution in [1.29, 1.82) is 5.26 Å². The maximum atomic E-state index is 10.0. The van der Waals surface area contributed by atoms with Gasteiger partial charge in [0.15, 0.2) is 0 Å². The average Bonchev–Trinajstić information content (AvgIpc) is 2.94. The second-order valence-electron chi connectivity index (χ2n) is 5.36. The first-order valence-corrected chi connectivity index (χ1v) is 7.34. The molecule has 0 aliphatic rings. The van der Waals surface area contributed by atoms with Gasteiger partial charge < -0.3 is 14.4 Å². The number of nitrogens with zero attached hydrogens (tertiary/aromatic N) is 3. The Labute approximate surface area is 134 Å². The molecule has 0 fully saturated rings. The quantitative estimate of drug-likeness (QED) is 0.804. The summed E-state index contributed by atoms with van der Waals surface area (Å²) < 4.78 is 7.36. The Morgan fingerprint density at radius 2 is 2.09 bits per heavy atom. The number of imidazole rings is 1. The van der Waals surface area contributed by atoms with Crippen molar-refractivity contribution in [2.45, 2.75) is 19.6 Å². The minimum atomic E-state index is -0.687. The topological polar surface area (TPSA) is 71.1 Å². The van der Waals surface area contributed by atoms with Crippen LogP contribution in [0.4, 0.5) is 0 Å². The molecule has 0 saturated carbocycles. The molecule has 0 unspecified atom stereocenters. The number of rotatable bonds is 4. The van der Waals surface area contributed by atoms with Crippen molar-refractivity contribution in [1.82, 2.24) is 9.55 Å². The molecule has 3 aromatic rings. The molecule has 23 heavy (non-hydrogen) atoms. The summed E-state index contributed by atoms with van der Waals surface area (Å²) in [5, 5.41) is 19.2. The van der Waals surface area contributed by atoms with Crippen molar-refractivity contribution in [3.8, 4) is 11.8 Å². The van der Waals surface area contributed by atoms with Crippen LogP contribution in [0.1, 0.15) is 30.0 Å². The first-order valence-electron chi connectivity index (χ1n) is 7.34. The standard InChI is InChI=1S/C18H17N3O2/c1-12(22)18-20-15-5-3-4-6-16(15)21(18)11-14-9-13(10-19)7-8-17(14)23-2/h3-9,12,22H,11H2,1-2H3/t12-/m1/s1. The molecule has 116 valence electrons. The minimum absolute atomic E-state index is 0.472. The van der Waals surface area contributed by atoms with Crippen LogP contribution in [0.2, 0.25) is 0 Å². The predicted molar refractivity (Wildman–Crippen MR) is 87.2 cm³/mol. The molecule has 0 bridgehead atoms. The van der Waals surface area contributed by atoms with Crippen LogP contribution in [0.5, 0.6) is 5.75 Å². The molecule has 1 aromatic heterocycles. The Morgan fingerprint density at radius 1 is 1.30 bits per heavy atom. The summed E-state index contributed by atoms with van der Waals surface area (Å²) in [6.45, 7) is 2.17. The van der Waals surface area contributed by atoms with Crippen LogP contribution in [0, 0.1) is 11.3 Å². The van der Waals surface area contributed by atoms with Crippen LogP contribution in [0.15, 0.2) is 42.5 Å². The van der Waals surface area contributed by atoms with E-state index < -0.39 is 6.10 Å². The zero-order valence-corrected chi connectivity index (χ0v) is 13.0. The summed E-state index contributed by atoms with van der Waals surface area (Å²) in [5.74, 6) is 1.30. The van der Waals surface area contributed by atoms with Crippen LogP contribution in [-0.4, -0.2) is 21.8 Å². The van der Waals surface area contributed by atoms with Crippen LogP contribution >= 0.6 is 0 Å². The fourth-order valence-corrected chi connectivity index (χ4v) is 2.72. The number of ether oxygens (including phenoxy) is 1. The van der Waals surface area contributed by atoms with E-state index in [1.54, 1.807) is 32.2 Å². The van der Waals surface area contributed by atoms with Gasteiger partial charge in [0.1, 0.15) is 17.7 Å². The van der Waals surface area contributed by atoms with Gasteiger partial charge in [-0.05, 0) is 37.3 Å². The van der Waals surface area contributed by atoms with Gasteiger partial charge in [-0.25, -0.2) is 4.98 Å². The number of nitriles is 1. The number of aliphatic hydroxyl groups is 1. The molecule has 5 nitrogen and oxygen atoms in total. The lowest BCUT2D eigenvalue weighted by molar-refractivity contribution is 0.185. The largest absolute Gasteiger partial charge is 0.496 e. The normalized spacial score (nSPS) is 12.1. The number of aliphatic hydroxyl groups excluding tert-OH is 1. The molecule has 0 aliphatic carbocycles. The lowest BCUT2D eigenvalue weighted by Crippen LogP contribution is -2.09. The molecular formula is C18H17N3O2. The number of benzene rings is 2. The van der Waals surface area contributed by atoms with Gasteiger partial charge in [0, 0.05) is 5.56 Å². The van der Waals surface area contributed by atoms with Crippen LogP contribution in [0.3, 0.4) is 0 Å². The van der Waals surface area contributed by atoms with E-state index in [2.05, 4.69) is 11.1 Å². The van der Waals surface area contributed by atoms with Crippen molar-refractivity contribution in [3.63, 3.8) is 0 Å². The van der Waals surface area contributed by atoms with E-state index in [0.717, 1.165) is 16.6 Å². The Hall–Kier alpha value is -2.84. The second kappa shape index (κ2) is 6.11. The van der Waals surface area contributed by atoms with E-state index in [1.165, 1.54) is 0 Å². The molecule has 0 amide bonds. The zero-order chi connectivity index (χ0) is 16.4. The Morgan fingerprint density at radius 3 is 2.78 bits per heavy atom. The molecule has 1 atom stereocenters. The summed E-state index contributed by atoms with van der Waals surface area (Å²) in [6, 6.07) is 15.2. The summed E-state index contributed by atoms with van der Waals surface area (Å²) in [4.78, 5) is 4.51. The van der Waals surface area contributed by atoms with Gasteiger partial charge >= 0.3 is 0 Å². The molecule has 3 rings (SSSR count). The smallest absolute Gasteiger partial charge is 0.138 e. The van der Waals surface area contributed by atoms with E-state index in [-0.39, 0.29) is 0 Å². The fraction of sp³-hybridized carbons (Fsp3) is 0.222. The van der Waals surface area contributed by atoms with Crippen LogP contribution in [-0.2, 0) is 6.54 Å². The highest BCUT2D eigenvalue weighted by atomic mass is 16.5. The van der Waals surface area contributed by atoms with E-state index >= 15 is 0 Å². The number of methoxy groups -OCH3 is 1. The van der Waals surface area contributed by atoms with E-state index in [9.17, 15) is 5.11 Å². The molecule has 0 aliphatic heterocycles. The SMILES string of the molecule is COc1ccc(C#N)cc1Cn1c([C@@H](C)O)nc2ccccc21. The Bertz CT molecular complexity index is 891. The van der Waals surface area contributed by atoms with Gasteiger partial charge in [0.25, 0.3) is 0 Å². The Kier molecular flexibility index (Phi) is 4.00. The van der Waals surface area contributed by atoms with Gasteiger partial charge in [0.2, 0.25) is 0 Å². The second-order valence-corrected chi connectivity index (χ2v) is 5.36. The third kappa shape index (κ3) is 2.77. The van der Waals surface area contributed by atoms with Gasteiger partial charge in [0.05, 0.1) is 36.3 Å². The third-order valence-corrected chi connectivity index (χ3v) is 3.80. The average molecular weight is 307 g/mol. The number of hydrogen-bond acceptors (Lipinski definition) is 4. The Balaban J connectivity index is 2.15. The molecule has 5 heteroatoms. The lowest BCUT2D eigenvalue weighted by Gasteiger charge is -2.14. The van der Waals surface area contributed by atoms with Gasteiger partial charge in [-0.15, -0.1) is 0 Å². The molecule has 2 aromatic carbocycles. The summed E-state index contributed by atoms with van der Waals surface area (Å²) >= 11 is 0. The van der Waals surface area contributed by atoms with Gasteiger partial charge in [-0.3, -0.25) is 0 Å². The predicted octanol–water partition coefficient (Wildman–Crippen LogP) is 3.02. The first-order chi connectivity index (χ1) is 11.1. The molecule has 1 heterocycles. The molecule has 1 N–H and O–H groups in total. The maximum Gasteiger partial charge on any atom is 0.138 e. The van der Waals surface area contributed by atoms with Crippen molar-refractivity contribution < 1.29 is 9.84 Å². The molecule has 0 radical (unpaired) electrons. The highest BCUT2D eigenvalue weighted by Gasteiger charge is 2.16. The van der Waals surface area contributed by atoms with Gasteiger partial charge in [-0.1, -0.05) is 12.1 Å². The molecule has 0 saturated heterocycles. The number of hydrogen-bond donors (Lipinski definition) is 1. The lowest BCUT2D eigenvalue weighted by atomic mass is 10.1. The number of fused-ring (bicyclic) bond motifs is 1. The monoisotopic (exact) mass is 307 g/mol. The fourth-order valence-electron chi connectivity index (χ4n) is 2.72. The molecule has 0 spiro atoms. The van der Waals surface area contributed by atoms with Crippen molar-refractivity contribution in [3.05, 3.63) is 59.4 Å². The minimum Gasteiger partial charge on any atom is -0.496 e. The first kappa shape index (κ1) is 15.1. The summed E-state index contributed by atoms with van der Waals surface area (Å²) in [5.41, 5.74) is 3.21. The third-order valence-electron chi connectivity index (χ3n) is 3.80. The number of para-hydroxylation sites is 2. The van der Waals surface area contributed by atoms with Gasteiger partial charge in [-0.2, -0.15) is 5.26 Å². The number of aromatic nitrogens is 2. The van der Waals surface area contributed by atoms with Crippen molar-refractivity contribution in [2.24, 2.45) is 0 Å². The van der Waals surface area contributed by atoms with Crippen LogP contribution in [0.25, 0.3) is 11.0 Å². The van der Waals surface area contributed by atoms with Crippen molar-refractivity contribution in [2.75, 3.05) is 7.11 Å². The molecular weight excluding hydrogens is 290 g/mol. The van der Waals surface area contributed by atoms with Crippen LogP contribution < -0.4 is 4.74 Å². The van der Waals surface area contributed by atoms with E-state index in [1.807, 2.05) is 28.8 Å². The maximum absolute atomic E-state index is 10.0. The highest BCUT2D eigenvalue weighted by molar-refractivity contribution is 5.76. The van der Waals surface area contributed by atoms with Crippen molar-refractivity contribution >= 4 is 11.0 Å². The van der Waals surface area contributed by atoms with E-state index in [0.29, 0.717) is 23.7 Å².